The van der Waals surface area contributed by atoms with Crippen molar-refractivity contribution >= 4 is 22.6 Å². The van der Waals surface area contributed by atoms with E-state index in [0.717, 1.165) is 33.7 Å². The molecule has 2 N–H and O–H groups in total. The van der Waals surface area contributed by atoms with Crippen molar-refractivity contribution in [2.45, 2.75) is 13.3 Å². The molecule has 0 aliphatic rings. The number of H-pyrrole nitrogens is 1. The molecule has 0 fully saturated rings. The zero-order valence-electron chi connectivity index (χ0n) is 14.4. The molecule has 0 unspecified atom stereocenters. The molecule has 5 nitrogen and oxygen atoms in total. The summed E-state index contributed by atoms with van der Waals surface area (Å²) in [6.07, 6.45) is 3.70. The number of rotatable bonds is 4. The molecule has 4 aromatic rings. The highest BCUT2D eigenvalue weighted by molar-refractivity contribution is 5.92. The molecule has 2 heterocycles. The fraction of sp³-hybridized carbons (Fsp3) is 0.0952. The van der Waals surface area contributed by atoms with Crippen LogP contribution in [0.25, 0.3) is 22.4 Å². The largest absolute Gasteiger partial charge is 0.338 e. The number of aryl methyl sites for hydroxylation is 1. The lowest BCUT2D eigenvalue weighted by Gasteiger charge is -2.06. The molecule has 1 amide bonds. The number of amides is 1. The Morgan fingerprint density at radius 1 is 1.12 bits per heavy atom. The van der Waals surface area contributed by atoms with Crippen molar-refractivity contribution in [3.05, 3.63) is 78.1 Å². The lowest BCUT2D eigenvalue weighted by Crippen LogP contribution is -2.14. The number of carbonyl (C=O) groups is 1. The van der Waals surface area contributed by atoms with Crippen molar-refractivity contribution in [2.75, 3.05) is 5.32 Å². The average molecular weight is 342 g/mol. The summed E-state index contributed by atoms with van der Waals surface area (Å²) in [6.45, 7) is 2.06. The Morgan fingerprint density at radius 2 is 1.96 bits per heavy atom. The quantitative estimate of drug-likeness (QED) is 0.586. The molecule has 0 atom stereocenters. The highest BCUT2D eigenvalue weighted by Gasteiger charge is 2.07. The first-order valence-electron chi connectivity index (χ1n) is 8.43. The molecule has 0 saturated heterocycles. The molecule has 26 heavy (non-hydrogen) atoms. The first kappa shape index (κ1) is 16.0. The summed E-state index contributed by atoms with van der Waals surface area (Å²) in [5.74, 6) is 0.754. The van der Waals surface area contributed by atoms with E-state index in [1.807, 2.05) is 48.5 Å². The predicted molar refractivity (Wildman–Crippen MR) is 103 cm³/mol. The molecule has 0 aliphatic carbocycles. The van der Waals surface area contributed by atoms with Crippen LogP contribution in [0.1, 0.15) is 11.1 Å². The predicted octanol–water partition coefficient (Wildman–Crippen LogP) is 4.11. The van der Waals surface area contributed by atoms with Gasteiger partial charge in [-0.05, 0) is 60.5 Å². The molecule has 128 valence electrons. The Hall–Kier alpha value is -3.47. The lowest BCUT2D eigenvalue weighted by molar-refractivity contribution is -0.115. The van der Waals surface area contributed by atoms with Gasteiger partial charge in [-0.1, -0.05) is 12.1 Å². The van der Waals surface area contributed by atoms with Crippen LogP contribution in [0.2, 0.25) is 0 Å². The zero-order valence-corrected chi connectivity index (χ0v) is 14.4. The number of hydrogen-bond donors (Lipinski definition) is 2. The van der Waals surface area contributed by atoms with Crippen LogP contribution in [0.3, 0.4) is 0 Å². The fourth-order valence-corrected chi connectivity index (χ4v) is 2.86. The van der Waals surface area contributed by atoms with E-state index in [2.05, 4.69) is 33.3 Å². The minimum atomic E-state index is -0.0648. The number of aromatic amines is 1. The van der Waals surface area contributed by atoms with Crippen LogP contribution in [-0.2, 0) is 11.2 Å². The second kappa shape index (κ2) is 6.80. The van der Waals surface area contributed by atoms with Gasteiger partial charge >= 0.3 is 0 Å². The van der Waals surface area contributed by atoms with Crippen LogP contribution in [0, 0.1) is 6.92 Å². The van der Waals surface area contributed by atoms with Gasteiger partial charge in [-0.15, -0.1) is 0 Å². The second-order valence-electron chi connectivity index (χ2n) is 6.27. The van der Waals surface area contributed by atoms with Crippen LogP contribution in [0.15, 0.2) is 67.0 Å². The molecule has 0 saturated carbocycles. The third kappa shape index (κ3) is 3.47. The maximum absolute atomic E-state index is 12.1. The highest BCUT2D eigenvalue weighted by atomic mass is 16.1. The molecule has 0 radical (unpaired) electrons. The molecule has 0 spiro atoms. The third-order valence-corrected chi connectivity index (χ3v) is 4.17. The molecular formula is C21H18N4O. The van der Waals surface area contributed by atoms with Gasteiger partial charge in [0.1, 0.15) is 5.82 Å². The topological polar surface area (TPSA) is 70.7 Å². The van der Waals surface area contributed by atoms with E-state index in [0.29, 0.717) is 6.42 Å². The van der Waals surface area contributed by atoms with Crippen molar-refractivity contribution < 1.29 is 4.79 Å². The molecule has 0 aliphatic heterocycles. The van der Waals surface area contributed by atoms with Gasteiger partial charge in [-0.3, -0.25) is 9.78 Å². The first-order valence-corrected chi connectivity index (χ1v) is 8.43. The van der Waals surface area contributed by atoms with Crippen LogP contribution < -0.4 is 5.32 Å². The fourth-order valence-electron chi connectivity index (χ4n) is 2.86. The van der Waals surface area contributed by atoms with Crippen LogP contribution in [-0.4, -0.2) is 20.9 Å². The monoisotopic (exact) mass is 342 g/mol. The number of anilines is 1. The van der Waals surface area contributed by atoms with Crippen molar-refractivity contribution in [3.63, 3.8) is 0 Å². The summed E-state index contributed by atoms with van der Waals surface area (Å²) in [4.78, 5) is 24.1. The number of carbonyl (C=O) groups excluding carboxylic acids is 1. The second-order valence-corrected chi connectivity index (χ2v) is 6.27. The van der Waals surface area contributed by atoms with Crippen LogP contribution in [0.5, 0.6) is 0 Å². The molecule has 4 rings (SSSR count). The number of aromatic nitrogens is 3. The Labute approximate surface area is 151 Å². The number of nitrogens with one attached hydrogen (secondary N) is 2. The number of fused-ring (bicyclic) bond motifs is 1. The number of benzene rings is 2. The Bertz CT molecular complexity index is 1050. The minimum absolute atomic E-state index is 0.0648. The van der Waals surface area contributed by atoms with E-state index in [1.165, 1.54) is 5.56 Å². The minimum Gasteiger partial charge on any atom is -0.338 e. The van der Waals surface area contributed by atoms with E-state index in [9.17, 15) is 4.79 Å². The van der Waals surface area contributed by atoms with Gasteiger partial charge in [-0.25, -0.2) is 4.98 Å². The molecule has 2 aromatic carbocycles. The van der Waals surface area contributed by atoms with Gasteiger partial charge in [0, 0.05) is 23.6 Å². The van der Waals surface area contributed by atoms with Crippen LogP contribution in [0.4, 0.5) is 5.69 Å². The van der Waals surface area contributed by atoms with E-state index in [4.69, 9.17) is 0 Å². The van der Waals surface area contributed by atoms with Gasteiger partial charge in [0.25, 0.3) is 0 Å². The zero-order chi connectivity index (χ0) is 17.9. The van der Waals surface area contributed by atoms with Gasteiger partial charge in [0.2, 0.25) is 5.91 Å². The van der Waals surface area contributed by atoms with E-state index in [-0.39, 0.29) is 5.91 Å². The van der Waals surface area contributed by atoms with Gasteiger partial charge < -0.3 is 10.3 Å². The third-order valence-electron chi connectivity index (χ3n) is 4.17. The Kier molecular flexibility index (Phi) is 4.19. The standard InChI is InChI=1S/C21H18N4O/c1-14-4-9-18-19(11-14)25-21(24-18)16-5-7-17(8-6-16)23-20(26)12-15-3-2-10-22-13-15/h2-11,13H,12H2,1H3,(H,23,26)(H,24,25). The smallest absolute Gasteiger partial charge is 0.228 e. The summed E-state index contributed by atoms with van der Waals surface area (Å²) >= 11 is 0. The summed E-state index contributed by atoms with van der Waals surface area (Å²) in [5, 5.41) is 2.91. The van der Waals surface area contributed by atoms with Crippen LogP contribution >= 0.6 is 0 Å². The summed E-state index contributed by atoms with van der Waals surface area (Å²) in [6, 6.07) is 17.5. The van der Waals surface area contributed by atoms with Crippen molar-refractivity contribution in [2.24, 2.45) is 0 Å². The summed E-state index contributed by atoms with van der Waals surface area (Å²) in [7, 11) is 0. The van der Waals surface area contributed by atoms with E-state index < -0.39 is 0 Å². The van der Waals surface area contributed by atoms with Gasteiger partial charge in [-0.2, -0.15) is 0 Å². The molecular weight excluding hydrogens is 324 g/mol. The lowest BCUT2D eigenvalue weighted by atomic mass is 10.1. The van der Waals surface area contributed by atoms with Gasteiger partial charge in [0.15, 0.2) is 0 Å². The molecule has 2 aromatic heterocycles. The SMILES string of the molecule is Cc1ccc2nc(-c3ccc(NC(=O)Cc4cccnc4)cc3)[nH]c2c1. The van der Waals surface area contributed by atoms with Crippen molar-refractivity contribution in [3.8, 4) is 11.4 Å². The number of nitrogens with zero attached hydrogens (tertiary/aromatic N) is 2. The average Bonchev–Trinajstić information content (AvgIpc) is 3.06. The number of hydrogen-bond acceptors (Lipinski definition) is 3. The Balaban J connectivity index is 1.48. The number of pyridine rings is 1. The molecule has 0 bridgehead atoms. The number of imidazole rings is 1. The van der Waals surface area contributed by atoms with E-state index >= 15 is 0 Å². The summed E-state index contributed by atoms with van der Waals surface area (Å²) < 4.78 is 0. The highest BCUT2D eigenvalue weighted by Crippen LogP contribution is 2.22. The van der Waals surface area contributed by atoms with Crippen molar-refractivity contribution in [1.29, 1.82) is 0 Å². The maximum atomic E-state index is 12.1. The maximum Gasteiger partial charge on any atom is 0.228 e. The summed E-state index contributed by atoms with van der Waals surface area (Å²) in [5.41, 5.74) is 5.78. The van der Waals surface area contributed by atoms with Gasteiger partial charge in [0.05, 0.1) is 17.5 Å². The van der Waals surface area contributed by atoms with Crippen molar-refractivity contribution in [1.82, 2.24) is 15.0 Å². The Morgan fingerprint density at radius 3 is 2.73 bits per heavy atom. The first-order chi connectivity index (χ1) is 12.7. The van der Waals surface area contributed by atoms with E-state index in [1.54, 1.807) is 12.4 Å². The molecule has 5 heteroatoms. The normalized spacial score (nSPS) is 10.8.